The van der Waals surface area contributed by atoms with Crippen molar-refractivity contribution in [2.24, 2.45) is 0 Å². The van der Waals surface area contributed by atoms with Gasteiger partial charge in [-0.05, 0) is 24.1 Å². The van der Waals surface area contributed by atoms with Crippen molar-refractivity contribution in [3.05, 3.63) is 71.8 Å². The van der Waals surface area contributed by atoms with Gasteiger partial charge in [-0.1, -0.05) is 67.3 Å². The Morgan fingerprint density at radius 3 is 2.05 bits per heavy atom. The van der Waals surface area contributed by atoms with Crippen LogP contribution in [0.2, 0.25) is 0 Å². The van der Waals surface area contributed by atoms with Crippen LogP contribution in [-0.4, -0.2) is 11.7 Å². The minimum atomic E-state index is -0.475. The maximum atomic E-state index is 9.81. The SMILES string of the molecule is CC[C@](C#Cc1ccccc1)(CO)c1ccccc1. The van der Waals surface area contributed by atoms with Crippen LogP contribution in [-0.2, 0) is 5.41 Å². The summed E-state index contributed by atoms with van der Waals surface area (Å²) in [4.78, 5) is 0. The number of hydrogen-bond donors (Lipinski definition) is 1. The molecule has 2 aromatic rings. The van der Waals surface area contributed by atoms with E-state index in [0.29, 0.717) is 0 Å². The van der Waals surface area contributed by atoms with Crippen molar-refractivity contribution >= 4 is 0 Å². The summed E-state index contributed by atoms with van der Waals surface area (Å²) >= 11 is 0. The summed E-state index contributed by atoms with van der Waals surface area (Å²) in [6.07, 6.45) is 0.785. The molecule has 0 unspecified atom stereocenters. The van der Waals surface area contributed by atoms with Crippen LogP contribution in [0.3, 0.4) is 0 Å². The monoisotopic (exact) mass is 250 g/mol. The summed E-state index contributed by atoms with van der Waals surface area (Å²) in [6, 6.07) is 19.9. The fraction of sp³-hybridized carbons (Fsp3) is 0.222. The number of rotatable bonds is 3. The molecule has 0 fully saturated rings. The molecule has 96 valence electrons. The number of aliphatic hydroxyl groups is 1. The van der Waals surface area contributed by atoms with Gasteiger partial charge in [0.2, 0.25) is 0 Å². The van der Waals surface area contributed by atoms with Crippen molar-refractivity contribution in [2.75, 3.05) is 6.61 Å². The zero-order valence-electron chi connectivity index (χ0n) is 11.1. The van der Waals surface area contributed by atoms with Gasteiger partial charge in [0, 0.05) is 5.56 Å². The molecular weight excluding hydrogens is 232 g/mol. The Labute approximate surface area is 114 Å². The third kappa shape index (κ3) is 3.05. The molecule has 0 saturated heterocycles. The smallest absolute Gasteiger partial charge is 0.0794 e. The number of hydrogen-bond acceptors (Lipinski definition) is 1. The Hall–Kier alpha value is -2.04. The van der Waals surface area contributed by atoms with Crippen LogP contribution >= 0.6 is 0 Å². The molecule has 0 aromatic heterocycles. The maximum absolute atomic E-state index is 9.81. The summed E-state index contributed by atoms with van der Waals surface area (Å²) in [5, 5.41) is 9.81. The molecule has 0 heterocycles. The van der Waals surface area contributed by atoms with Crippen LogP contribution in [0.25, 0.3) is 0 Å². The molecule has 2 aromatic carbocycles. The van der Waals surface area contributed by atoms with E-state index in [-0.39, 0.29) is 6.61 Å². The highest BCUT2D eigenvalue weighted by molar-refractivity contribution is 5.42. The molecule has 0 aliphatic carbocycles. The molecule has 1 nitrogen and oxygen atoms in total. The maximum Gasteiger partial charge on any atom is 0.0794 e. The van der Waals surface area contributed by atoms with E-state index in [1.54, 1.807) is 0 Å². The van der Waals surface area contributed by atoms with Crippen LogP contribution in [0.5, 0.6) is 0 Å². The Morgan fingerprint density at radius 1 is 0.947 bits per heavy atom. The summed E-state index contributed by atoms with van der Waals surface area (Å²) in [5.41, 5.74) is 1.57. The van der Waals surface area contributed by atoms with Crippen molar-refractivity contribution in [1.29, 1.82) is 0 Å². The third-order valence-corrected chi connectivity index (χ3v) is 3.42. The lowest BCUT2D eigenvalue weighted by molar-refractivity contribution is 0.227. The largest absolute Gasteiger partial charge is 0.394 e. The highest BCUT2D eigenvalue weighted by Gasteiger charge is 2.27. The van der Waals surface area contributed by atoms with Gasteiger partial charge in [0.05, 0.1) is 12.0 Å². The van der Waals surface area contributed by atoms with Gasteiger partial charge in [-0.25, -0.2) is 0 Å². The average Bonchev–Trinajstić information content (AvgIpc) is 2.51. The molecule has 0 saturated carbocycles. The van der Waals surface area contributed by atoms with E-state index in [1.165, 1.54) is 0 Å². The van der Waals surface area contributed by atoms with Crippen LogP contribution in [0.4, 0.5) is 0 Å². The predicted octanol–water partition coefficient (Wildman–Crippen LogP) is 3.38. The lowest BCUT2D eigenvalue weighted by atomic mass is 9.79. The molecule has 0 aliphatic heterocycles. The Bertz CT molecular complexity index is 557. The molecule has 0 aliphatic rings. The van der Waals surface area contributed by atoms with Gasteiger partial charge in [-0.15, -0.1) is 0 Å². The van der Waals surface area contributed by atoms with Crippen molar-refractivity contribution in [3.8, 4) is 11.8 Å². The Kier molecular flexibility index (Phi) is 4.39. The van der Waals surface area contributed by atoms with Crippen molar-refractivity contribution in [3.63, 3.8) is 0 Å². The first-order valence-corrected chi connectivity index (χ1v) is 6.55. The molecule has 2 rings (SSSR count). The van der Waals surface area contributed by atoms with Crippen LogP contribution in [0.1, 0.15) is 24.5 Å². The topological polar surface area (TPSA) is 20.2 Å². The summed E-state index contributed by atoms with van der Waals surface area (Å²) in [6.45, 7) is 2.09. The first-order valence-electron chi connectivity index (χ1n) is 6.55. The lowest BCUT2D eigenvalue weighted by Gasteiger charge is -2.25. The highest BCUT2D eigenvalue weighted by Crippen LogP contribution is 2.26. The van der Waals surface area contributed by atoms with E-state index >= 15 is 0 Å². The van der Waals surface area contributed by atoms with E-state index in [0.717, 1.165) is 17.5 Å². The van der Waals surface area contributed by atoms with Crippen LogP contribution in [0.15, 0.2) is 60.7 Å². The number of aliphatic hydroxyl groups excluding tert-OH is 1. The first kappa shape index (κ1) is 13.4. The normalized spacial score (nSPS) is 13.2. The third-order valence-electron chi connectivity index (χ3n) is 3.42. The molecule has 1 heteroatoms. The summed E-state index contributed by atoms with van der Waals surface area (Å²) in [5.74, 6) is 6.44. The second kappa shape index (κ2) is 6.22. The van der Waals surface area contributed by atoms with Gasteiger partial charge in [-0.3, -0.25) is 0 Å². The zero-order chi connectivity index (χ0) is 13.6. The molecule has 19 heavy (non-hydrogen) atoms. The highest BCUT2D eigenvalue weighted by atomic mass is 16.3. The van der Waals surface area contributed by atoms with Gasteiger partial charge in [0.25, 0.3) is 0 Å². The standard InChI is InChI=1S/C18H18O/c1-2-18(15-19,17-11-7-4-8-12-17)14-13-16-9-5-3-6-10-16/h3-12,19H,2,15H2,1H3/t18-/m0/s1. The molecule has 0 spiro atoms. The van der Waals surface area contributed by atoms with Gasteiger partial charge >= 0.3 is 0 Å². The second-order valence-corrected chi connectivity index (χ2v) is 4.58. The summed E-state index contributed by atoms with van der Waals surface area (Å²) < 4.78 is 0. The fourth-order valence-corrected chi connectivity index (χ4v) is 2.08. The lowest BCUT2D eigenvalue weighted by Crippen LogP contribution is -2.28. The molecule has 0 amide bonds. The van der Waals surface area contributed by atoms with Gasteiger partial charge < -0.3 is 5.11 Å². The molecule has 0 radical (unpaired) electrons. The molecule has 0 bridgehead atoms. The van der Waals surface area contributed by atoms with Gasteiger partial charge in [-0.2, -0.15) is 0 Å². The van der Waals surface area contributed by atoms with Crippen LogP contribution in [0, 0.1) is 11.8 Å². The quantitative estimate of drug-likeness (QED) is 0.828. The predicted molar refractivity (Wildman–Crippen MR) is 78.8 cm³/mol. The second-order valence-electron chi connectivity index (χ2n) is 4.58. The van der Waals surface area contributed by atoms with Gasteiger partial charge in [0.1, 0.15) is 0 Å². The molecule has 1 atom stereocenters. The van der Waals surface area contributed by atoms with E-state index in [2.05, 4.69) is 18.8 Å². The van der Waals surface area contributed by atoms with Crippen molar-refractivity contribution in [1.82, 2.24) is 0 Å². The zero-order valence-corrected chi connectivity index (χ0v) is 11.1. The van der Waals surface area contributed by atoms with E-state index in [1.807, 2.05) is 60.7 Å². The Morgan fingerprint density at radius 2 is 1.53 bits per heavy atom. The van der Waals surface area contributed by atoms with Crippen molar-refractivity contribution < 1.29 is 5.11 Å². The van der Waals surface area contributed by atoms with E-state index < -0.39 is 5.41 Å². The van der Waals surface area contributed by atoms with E-state index in [9.17, 15) is 5.11 Å². The molecule has 1 N–H and O–H groups in total. The molecular formula is C18H18O. The Balaban J connectivity index is 2.39. The van der Waals surface area contributed by atoms with Crippen molar-refractivity contribution in [2.45, 2.75) is 18.8 Å². The van der Waals surface area contributed by atoms with Crippen LogP contribution < -0.4 is 0 Å². The minimum absolute atomic E-state index is 0.0351. The van der Waals surface area contributed by atoms with E-state index in [4.69, 9.17) is 0 Å². The fourth-order valence-electron chi connectivity index (χ4n) is 2.08. The van der Waals surface area contributed by atoms with Gasteiger partial charge in [0.15, 0.2) is 0 Å². The average molecular weight is 250 g/mol. The summed E-state index contributed by atoms with van der Waals surface area (Å²) in [7, 11) is 0. The number of benzene rings is 2. The first-order chi connectivity index (χ1) is 9.30. The minimum Gasteiger partial charge on any atom is -0.394 e.